The maximum atomic E-state index is 6.64. The Morgan fingerprint density at radius 1 is 0.518 bits per heavy atom. The first kappa shape index (κ1) is 33.4. The van der Waals surface area contributed by atoms with Crippen molar-refractivity contribution in [1.29, 1.82) is 0 Å². The molecule has 7 aromatic carbocycles. The molecule has 0 atom stereocenters. The molecule has 0 radical (unpaired) electrons. The smallest absolute Gasteiger partial charge is 0.164 e. The van der Waals surface area contributed by atoms with Gasteiger partial charge in [0.25, 0.3) is 0 Å². The average molecular weight is 740 g/mol. The fourth-order valence-corrected chi connectivity index (χ4v) is 8.51. The van der Waals surface area contributed by atoms with Crippen LogP contribution in [-0.2, 0) is 6.42 Å². The summed E-state index contributed by atoms with van der Waals surface area (Å²) in [6.07, 6.45) is 0.631. The molecule has 6 nitrogen and oxygen atoms in total. The average Bonchev–Trinajstić information content (AvgIpc) is 3.82. The van der Waals surface area contributed by atoms with Crippen LogP contribution >= 0.6 is 11.3 Å². The van der Waals surface area contributed by atoms with Crippen LogP contribution in [0.25, 0.3) is 77.3 Å². The Hall–Kier alpha value is -7.22. The van der Waals surface area contributed by atoms with Crippen LogP contribution in [0.15, 0.2) is 185 Å². The number of furan rings is 1. The summed E-state index contributed by atoms with van der Waals surface area (Å²) in [5, 5.41) is 3.07. The van der Waals surface area contributed by atoms with Crippen molar-refractivity contribution in [3.05, 3.63) is 192 Å². The molecule has 0 saturated carbocycles. The number of hydrogen-bond acceptors (Lipinski definition) is 6. The van der Waals surface area contributed by atoms with E-state index in [1.165, 1.54) is 0 Å². The van der Waals surface area contributed by atoms with Gasteiger partial charge in [-0.2, -0.15) is 0 Å². The minimum atomic E-state index is 0.485. The summed E-state index contributed by atoms with van der Waals surface area (Å²) >= 11 is 1.75. The second kappa shape index (κ2) is 14.2. The Kier molecular flexibility index (Phi) is 8.46. The Morgan fingerprint density at radius 3 is 1.80 bits per heavy atom. The monoisotopic (exact) mass is 739 g/mol. The molecule has 0 aliphatic heterocycles. The molecule has 0 aliphatic carbocycles. The minimum absolute atomic E-state index is 0.485. The quantitative estimate of drug-likeness (QED) is 0.124. The summed E-state index contributed by atoms with van der Waals surface area (Å²) in [5.74, 6) is 2.26. The molecule has 7 heteroatoms. The summed E-state index contributed by atoms with van der Waals surface area (Å²) in [4.78, 5) is 21.5. The summed E-state index contributed by atoms with van der Waals surface area (Å²) in [5.41, 5.74) is 16.1. The highest BCUT2D eigenvalue weighted by Crippen LogP contribution is 2.43. The number of aliphatic imine (C=N–C) groups is 1. The second-order valence-electron chi connectivity index (χ2n) is 13.6. The van der Waals surface area contributed by atoms with Crippen LogP contribution < -0.4 is 5.73 Å². The first-order valence-electron chi connectivity index (χ1n) is 18.5. The Morgan fingerprint density at radius 2 is 1.07 bits per heavy atom. The predicted octanol–water partition coefficient (Wildman–Crippen LogP) is 12.3. The van der Waals surface area contributed by atoms with Gasteiger partial charge in [0.05, 0.1) is 5.69 Å². The van der Waals surface area contributed by atoms with Crippen LogP contribution in [0.2, 0.25) is 0 Å². The third-order valence-electron chi connectivity index (χ3n) is 10.1. The molecule has 266 valence electrons. The maximum Gasteiger partial charge on any atom is 0.164 e. The highest BCUT2D eigenvalue weighted by atomic mass is 32.1. The SMILES string of the molecule is NC(=Nc1c(Cc2cccc3oc4cccc(-c5nc(-c6ccccc6)nc(-c6ccc(-c7ccccc7)cc6)n5)c4c23)sc2ccccc12)c1ccccc1. The topological polar surface area (TPSA) is 90.2 Å². The number of fused-ring (bicyclic) bond motifs is 4. The zero-order chi connectivity index (χ0) is 37.4. The van der Waals surface area contributed by atoms with Crippen molar-refractivity contribution in [2.75, 3.05) is 0 Å². The lowest BCUT2D eigenvalue weighted by atomic mass is 9.99. The largest absolute Gasteiger partial charge is 0.456 e. The molecule has 3 heterocycles. The van der Waals surface area contributed by atoms with Crippen molar-refractivity contribution in [2.45, 2.75) is 6.42 Å². The molecule has 0 fully saturated rings. The summed E-state index contributed by atoms with van der Waals surface area (Å²) in [7, 11) is 0. The van der Waals surface area contributed by atoms with Crippen molar-refractivity contribution < 1.29 is 4.42 Å². The van der Waals surface area contributed by atoms with Gasteiger partial charge in [-0.05, 0) is 34.9 Å². The van der Waals surface area contributed by atoms with E-state index >= 15 is 0 Å². The van der Waals surface area contributed by atoms with Gasteiger partial charge in [0.1, 0.15) is 17.0 Å². The summed E-state index contributed by atoms with van der Waals surface area (Å²) < 4.78 is 7.74. The molecule has 0 bridgehead atoms. The van der Waals surface area contributed by atoms with Gasteiger partial charge in [-0.1, -0.05) is 158 Å². The molecule has 0 aliphatic rings. The van der Waals surface area contributed by atoms with Crippen LogP contribution in [0, 0.1) is 0 Å². The van der Waals surface area contributed by atoms with E-state index in [1.54, 1.807) is 11.3 Å². The zero-order valence-electron chi connectivity index (χ0n) is 30.1. The number of aromatic nitrogens is 3. The molecule has 10 aromatic rings. The lowest BCUT2D eigenvalue weighted by molar-refractivity contribution is 0.669. The minimum Gasteiger partial charge on any atom is -0.456 e. The summed E-state index contributed by atoms with van der Waals surface area (Å²) in [6, 6.07) is 59.5. The van der Waals surface area contributed by atoms with Gasteiger partial charge in [0, 0.05) is 54.4 Å². The van der Waals surface area contributed by atoms with E-state index in [0.717, 1.165) is 81.5 Å². The number of nitrogens with two attached hydrogens (primary N) is 1. The maximum absolute atomic E-state index is 6.64. The van der Waals surface area contributed by atoms with E-state index in [2.05, 4.69) is 91.0 Å². The lowest BCUT2D eigenvalue weighted by Gasteiger charge is -2.10. The first-order valence-corrected chi connectivity index (χ1v) is 19.3. The number of thiophene rings is 1. The van der Waals surface area contributed by atoms with Gasteiger partial charge in [0.15, 0.2) is 17.5 Å². The highest BCUT2D eigenvalue weighted by Gasteiger charge is 2.21. The van der Waals surface area contributed by atoms with Crippen molar-refractivity contribution in [2.24, 2.45) is 10.7 Å². The van der Waals surface area contributed by atoms with Crippen LogP contribution in [-0.4, -0.2) is 20.8 Å². The van der Waals surface area contributed by atoms with Crippen LogP contribution in [0.5, 0.6) is 0 Å². The highest BCUT2D eigenvalue weighted by molar-refractivity contribution is 7.19. The van der Waals surface area contributed by atoms with Gasteiger partial charge < -0.3 is 10.2 Å². The van der Waals surface area contributed by atoms with Gasteiger partial charge in [-0.3, -0.25) is 0 Å². The molecule has 10 rings (SSSR count). The normalized spacial score (nSPS) is 11.8. The van der Waals surface area contributed by atoms with Gasteiger partial charge in [0.2, 0.25) is 0 Å². The van der Waals surface area contributed by atoms with E-state index in [4.69, 9.17) is 30.1 Å². The number of benzene rings is 7. The van der Waals surface area contributed by atoms with Crippen molar-refractivity contribution >= 4 is 54.9 Å². The van der Waals surface area contributed by atoms with Gasteiger partial charge >= 0.3 is 0 Å². The Labute approximate surface area is 327 Å². The molecule has 3 aromatic heterocycles. The van der Waals surface area contributed by atoms with E-state index in [1.807, 2.05) is 84.9 Å². The second-order valence-corrected chi connectivity index (χ2v) is 14.7. The molecule has 2 N–H and O–H groups in total. The summed E-state index contributed by atoms with van der Waals surface area (Å²) in [6.45, 7) is 0. The van der Waals surface area contributed by atoms with Gasteiger partial charge in [-0.15, -0.1) is 11.3 Å². The van der Waals surface area contributed by atoms with E-state index in [9.17, 15) is 0 Å². The number of amidine groups is 1. The van der Waals surface area contributed by atoms with Crippen molar-refractivity contribution in [1.82, 2.24) is 15.0 Å². The van der Waals surface area contributed by atoms with Crippen LogP contribution in [0.3, 0.4) is 0 Å². The van der Waals surface area contributed by atoms with E-state index in [0.29, 0.717) is 29.7 Å². The zero-order valence-corrected chi connectivity index (χ0v) is 30.9. The van der Waals surface area contributed by atoms with Crippen molar-refractivity contribution in [3.8, 4) is 45.3 Å². The predicted molar refractivity (Wildman–Crippen MR) is 230 cm³/mol. The number of rotatable bonds is 8. The Bertz CT molecular complexity index is 3050. The number of nitrogens with zero attached hydrogens (tertiary/aromatic N) is 4. The lowest BCUT2D eigenvalue weighted by Crippen LogP contribution is -2.12. The van der Waals surface area contributed by atoms with Crippen LogP contribution in [0.1, 0.15) is 16.0 Å². The Balaban J connectivity index is 1.13. The van der Waals surface area contributed by atoms with Crippen LogP contribution in [0.4, 0.5) is 5.69 Å². The molecule has 0 spiro atoms. The third-order valence-corrected chi connectivity index (χ3v) is 11.2. The fraction of sp³-hybridized carbons (Fsp3) is 0.0204. The molecule has 0 saturated heterocycles. The molecule has 0 unspecified atom stereocenters. The molecule has 0 amide bonds. The molecular weight excluding hydrogens is 707 g/mol. The van der Waals surface area contributed by atoms with E-state index in [-0.39, 0.29) is 0 Å². The fourth-order valence-electron chi connectivity index (χ4n) is 7.35. The first-order chi connectivity index (χ1) is 27.7. The van der Waals surface area contributed by atoms with Gasteiger partial charge in [-0.25, -0.2) is 19.9 Å². The molecule has 56 heavy (non-hydrogen) atoms. The van der Waals surface area contributed by atoms with Crippen molar-refractivity contribution in [3.63, 3.8) is 0 Å². The van der Waals surface area contributed by atoms with E-state index < -0.39 is 0 Å². The molecular formula is C49H33N5OS. The standard InChI is InChI=1S/C49H33N5OS/c50-46(33-16-6-2-7-17-33)51-45-37-21-10-11-25-41(37)56-42(45)30-36-20-12-23-39-43(36)44-38(22-13-24-40(44)55-39)49-53-47(34-18-8-3-9-19-34)52-48(54-49)35-28-26-32(27-29-35)31-14-4-1-5-15-31/h1-29H,30H2,(H2,50,51). The number of hydrogen-bond donors (Lipinski definition) is 1. The third kappa shape index (κ3) is 6.20.